The molecule has 0 aromatic carbocycles. The molecule has 0 aromatic heterocycles. The smallest absolute Gasteiger partial charge is 0.243 e. The second-order valence-electron chi connectivity index (χ2n) is 5.96. The summed E-state index contributed by atoms with van der Waals surface area (Å²) in [6.07, 6.45) is 4.46. The summed E-state index contributed by atoms with van der Waals surface area (Å²) in [4.78, 5) is 25.7. The molecule has 21 heavy (non-hydrogen) atoms. The van der Waals surface area contributed by atoms with Crippen LogP contribution in [0, 0.1) is 16.7 Å². The van der Waals surface area contributed by atoms with Gasteiger partial charge in [0, 0.05) is 26.1 Å². The van der Waals surface area contributed by atoms with Crippen molar-refractivity contribution in [2.45, 2.75) is 65.3 Å². The van der Waals surface area contributed by atoms with Gasteiger partial charge in [-0.15, -0.1) is 0 Å². The van der Waals surface area contributed by atoms with Gasteiger partial charge in [0.05, 0.1) is 6.07 Å². The lowest BCUT2D eigenvalue weighted by Crippen LogP contribution is -2.50. The lowest BCUT2D eigenvalue weighted by atomic mass is 9.79. The number of nitrogens with zero attached hydrogens (tertiary/aromatic N) is 2. The minimum absolute atomic E-state index is 0.0185. The number of rotatable bonds is 6. The van der Waals surface area contributed by atoms with Gasteiger partial charge in [-0.05, 0) is 25.7 Å². The van der Waals surface area contributed by atoms with E-state index < -0.39 is 5.41 Å². The molecule has 1 aliphatic heterocycles. The van der Waals surface area contributed by atoms with E-state index in [2.05, 4.69) is 11.4 Å². The topological polar surface area (TPSA) is 73.2 Å². The molecule has 0 bridgehead atoms. The van der Waals surface area contributed by atoms with Gasteiger partial charge >= 0.3 is 0 Å². The summed E-state index contributed by atoms with van der Waals surface area (Å²) in [7, 11) is 0. The van der Waals surface area contributed by atoms with Gasteiger partial charge < -0.3 is 10.2 Å². The van der Waals surface area contributed by atoms with Crippen molar-refractivity contribution in [2.75, 3.05) is 13.1 Å². The number of nitriles is 1. The van der Waals surface area contributed by atoms with Gasteiger partial charge in [-0.25, -0.2) is 0 Å². The van der Waals surface area contributed by atoms with Crippen molar-refractivity contribution >= 4 is 11.8 Å². The molecule has 1 aliphatic rings. The van der Waals surface area contributed by atoms with E-state index in [1.165, 1.54) is 6.92 Å². The molecule has 0 saturated carbocycles. The van der Waals surface area contributed by atoms with Crippen LogP contribution in [-0.4, -0.2) is 35.8 Å². The summed E-state index contributed by atoms with van der Waals surface area (Å²) in [5, 5.41) is 12.5. The third-order valence-corrected chi connectivity index (χ3v) is 4.17. The summed E-state index contributed by atoms with van der Waals surface area (Å²) < 4.78 is 0. The van der Waals surface area contributed by atoms with Gasteiger partial charge in [0.25, 0.3) is 0 Å². The number of piperidine rings is 1. The van der Waals surface area contributed by atoms with Crippen molar-refractivity contribution in [1.29, 1.82) is 5.26 Å². The van der Waals surface area contributed by atoms with Crippen molar-refractivity contribution in [2.24, 2.45) is 5.41 Å². The van der Waals surface area contributed by atoms with Crippen LogP contribution >= 0.6 is 0 Å². The molecule has 1 N–H and O–H groups in total. The maximum Gasteiger partial charge on any atom is 0.243 e. The van der Waals surface area contributed by atoms with Crippen molar-refractivity contribution in [1.82, 2.24) is 10.2 Å². The van der Waals surface area contributed by atoms with Crippen molar-refractivity contribution < 1.29 is 9.59 Å². The normalized spacial score (nSPS) is 16.4. The van der Waals surface area contributed by atoms with E-state index in [0.717, 1.165) is 25.7 Å². The summed E-state index contributed by atoms with van der Waals surface area (Å²) in [6.45, 7) is 6.79. The molecular weight excluding hydrogens is 266 g/mol. The second kappa shape index (κ2) is 8.02. The first-order valence-corrected chi connectivity index (χ1v) is 7.96. The van der Waals surface area contributed by atoms with Gasteiger partial charge in [0.15, 0.2) is 0 Å². The van der Waals surface area contributed by atoms with E-state index in [4.69, 9.17) is 0 Å². The van der Waals surface area contributed by atoms with Crippen molar-refractivity contribution in [3.8, 4) is 6.07 Å². The number of carbonyl (C=O) groups excluding carboxylic acids is 2. The number of hydrogen-bond donors (Lipinski definition) is 1. The highest BCUT2D eigenvalue weighted by molar-refractivity contribution is 5.85. The highest BCUT2D eigenvalue weighted by Crippen LogP contribution is 2.32. The molecule has 0 aliphatic carbocycles. The summed E-state index contributed by atoms with van der Waals surface area (Å²) in [6, 6.07) is 2.45. The molecule has 1 saturated heterocycles. The fourth-order valence-corrected chi connectivity index (χ4v) is 3.17. The van der Waals surface area contributed by atoms with Crippen LogP contribution in [0.15, 0.2) is 0 Å². The highest BCUT2D eigenvalue weighted by Gasteiger charge is 2.40. The first-order chi connectivity index (χ1) is 9.99. The third-order valence-electron chi connectivity index (χ3n) is 4.17. The van der Waals surface area contributed by atoms with E-state index in [1.54, 1.807) is 0 Å². The highest BCUT2D eigenvalue weighted by atomic mass is 16.2. The zero-order valence-electron chi connectivity index (χ0n) is 13.4. The zero-order valence-corrected chi connectivity index (χ0v) is 13.4. The van der Waals surface area contributed by atoms with Crippen LogP contribution < -0.4 is 5.32 Å². The predicted molar refractivity (Wildman–Crippen MR) is 81.3 cm³/mol. The average Bonchev–Trinajstić information content (AvgIpc) is 2.46. The van der Waals surface area contributed by atoms with Gasteiger partial charge in [0.2, 0.25) is 11.8 Å². The first-order valence-electron chi connectivity index (χ1n) is 7.96. The Hall–Kier alpha value is -1.57. The Labute approximate surface area is 127 Å². The fraction of sp³-hybridized carbons (Fsp3) is 0.812. The minimum Gasteiger partial charge on any atom is -0.353 e. The summed E-state index contributed by atoms with van der Waals surface area (Å²) >= 11 is 0. The van der Waals surface area contributed by atoms with E-state index in [9.17, 15) is 14.9 Å². The molecular formula is C16H27N3O2. The molecule has 0 aromatic rings. The molecule has 0 radical (unpaired) electrons. The number of nitrogens with one attached hydrogen (secondary N) is 1. The fourth-order valence-electron chi connectivity index (χ4n) is 3.17. The van der Waals surface area contributed by atoms with Gasteiger partial charge in [-0.2, -0.15) is 5.26 Å². The maximum atomic E-state index is 12.8. The Balaban J connectivity index is 2.70. The Morgan fingerprint density at radius 1 is 1.24 bits per heavy atom. The maximum absolute atomic E-state index is 12.8. The Kier molecular flexibility index (Phi) is 6.67. The molecule has 0 spiro atoms. The van der Waals surface area contributed by atoms with Gasteiger partial charge in [0.1, 0.15) is 5.41 Å². The monoisotopic (exact) mass is 293 g/mol. The van der Waals surface area contributed by atoms with Gasteiger partial charge in [-0.1, -0.05) is 26.7 Å². The SMILES string of the molecule is CCCC(C#N)(CCC)C(=O)N1CCC(NC(C)=O)CC1. The molecule has 0 unspecified atom stereocenters. The number of amides is 2. The Bertz CT molecular complexity index is 400. The summed E-state index contributed by atoms with van der Waals surface area (Å²) in [5.41, 5.74) is -0.857. The molecule has 118 valence electrons. The average molecular weight is 293 g/mol. The molecule has 5 heteroatoms. The second-order valence-corrected chi connectivity index (χ2v) is 5.96. The molecule has 1 fully saturated rings. The van der Waals surface area contributed by atoms with Crippen LogP contribution in [0.25, 0.3) is 0 Å². The van der Waals surface area contributed by atoms with Crippen LogP contribution in [0.5, 0.6) is 0 Å². The lowest BCUT2D eigenvalue weighted by Gasteiger charge is -2.37. The minimum atomic E-state index is -0.857. The van der Waals surface area contributed by atoms with Crippen LogP contribution in [0.1, 0.15) is 59.3 Å². The Morgan fingerprint density at radius 2 is 1.76 bits per heavy atom. The number of carbonyl (C=O) groups is 2. The predicted octanol–water partition coefficient (Wildman–Crippen LogP) is 2.22. The largest absolute Gasteiger partial charge is 0.353 e. The quantitative estimate of drug-likeness (QED) is 0.816. The van der Waals surface area contributed by atoms with Crippen molar-refractivity contribution in [3.63, 3.8) is 0 Å². The molecule has 1 heterocycles. The molecule has 2 amide bonds. The molecule has 0 atom stereocenters. The van der Waals surface area contributed by atoms with Gasteiger partial charge in [-0.3, -0.25) is 9.59 Å². The molecule has 1 rings (SSSR count). The van der Waals surface area contributed by atoms with Crippen LogP contribution in [-0.2, 0) is 9.59 Å². The number of hydrogen-bond acceptors (Lipinski definition) is 3. The van der Waals surface area contributed by atoms with E-state index in [0.29, 0.717) is 25.9 Å². The van der Waals surface area contributed by atoms with Crippen LogP contribution in [0.2, 0.25) is 0 Å². The Morgan fingerprint density at radius 3 is 2.14 bits per heavy atom. The van der Waals surface area contributed by atoms with Crippen molar-refractivity contribution in [3.05, 3.63) is 0 Å². The summed E-state index contributed by atoms with van der Waals surface area (Å²) in [5.74, 6) is -0.0434. The standard InChI is InChI=1S/C16H27N3O2/c1-4-8-16(12-17,9-5-2)15(21)19-10-6-14(7-11-19)18-13(3)20/h14H,4-11H2,1-3H3,(H,18,20). The van der Waals surface area contributed by atoms with E-state index >= 15 is 0 Å². The first kappa shape index (κ1) is 17.5. The van der Waals surface area contributed by atoms with Crippen LogP contribution in [0.3, 0.4) is 0 Å². The molecule has 5 nitrogen and oxygen atoms in total. The number of likely N-dealkylation sites (tertiary alicyclic amines) is 1. The zero-order chi connectivity index (χ0) is 15.9. The third kappa shape index (κ3) is 4.45. The lowest BCUT2D eigenvalue weighted by molar-refractivity contribution is -0.141. The van der Waals surface area contributed by atoms with E-state index in [-0.39, 0.29) is 17.9 Å². The van der Waals surface area contributed by atoms with E-state index in [1.807, 2.05) is 18.7 Å². The van der Waals surface area contributed by atoms with Crippen LogP contribution in [0.4, 0.5) is 0 Å².